The average molecular weight is 253 g/mol. The maximum Gasteiger partial charge on any atom is 0.435 e. The molecular weight excluding hydrogens is 241 g/mol. The lowest BCUT2D eigenvalue weighted by Crippen LogP contribution is -2.12. The summed E-state index contributed by atoms with van der Waals surface area (Å²) in [6.45, 7) is 3.21. The SMILES string of the molecule is Cc1c(C(F)(F)F)nn(C(C)C2CC2)c1Cl. The maximum atomic E-state index is 12.6. The average Bonchev–Trinajstić information content (AvgIpc) is 2.94. The number of hydrogen-bond donors (Lipinski definition) is 0. The van der Waals surface area contributed by atoms with Crippen molar-refractivity contribution in [1.29, 1.82) is 0 Å². The van der Waals surface area contributed by atoms with Crippen molar-refractivity contribution in [3.05, 3.63) is 16.4 Å². The van der Waals surface area contributed by atoms with E-state index in [-0.39, 0.29) is 16.8 Å². The van der Waals surface area contributed by atoms with E-state index in [4.69, 9.17) is 11.6 Å². The summed E-state index contributed by atoms with van der Waals surface area (Å²) in [7, 11) is 0. The molecule has 0 bridgehead atoms. The minimum absolute atomic E-state index is 0.0154. The van der Waals surface area contributed by atoms with Gasteiger partial charge < -0.3 is 0 Å². The van der Waals surface area contributed by atoms with Gasteiger partial charge in [-0.25, -0.2) is 0 Å². The highest BCUT2D eigenvalue weighted by Gasteiger charge is 2.39. The van der Waals surface area contributed by atoms with E-state index in [1.54, 1.807) is 0 Å². The number of rotatable bonds is 2. The van der Waals surface area contributed by atoms with Crippen molar-refractivity contribution in [1.82, 2.24) is 9.78 Å². The Balaban J connectivity index is 2.40. The Kier molecular flexibility index (Phi) is 2.69. The molecular formula is C10H12ClF3N2. The number of aromatic nitrogens is 2. The summed E-state index contributed by atoms with van der Waals surface area (Å²) >= 11 is 5.89. The maximum absolute atomic E-state index is 12.6. The van der Waals surface area contributed by atoms with Crippen LogP contribution in [0.25, 0.3) is 0 Å². The second kappa shape index (κ2) is 3.65. The summed E-state index contributed by atoms with van der Waals surface area (Å²) in [5.41, 5.74) is -0.855. The van der Waals surface area contributed by atoms with E-state index in [2.05, 4.69) is 5.10 Å². The first-order valence-electron chi connectivity index (χ1n) is 5.14. The van der Waals surface area contributed by atoms with Gasteiger partial charge in [-0.3, -0.25) is 4.68 Å². The molecule has 0 radical (unpaired) electrons. The fraction of sp³-hybridized carbons (Fsp3) is 0.700. The van der Waals surface area contributed by atoms with Crippen LogP contribution in [0.15, 0.2) is 0 Å². The highest BCUT2D eigenvalue weighted by molar-refractivity contribution is 6.30. The molecule has 1 atom stereocenters. The monoisotopic (exact) mass is 252 g/mol. The standard InChI is InChI=1S/C10H12ClF3N2/c1-5-8(10(12,13)14)15-16(9(5)11)6(2)7-3-4-7/h6-7H,3-4H2,1-2H3. The van der Waals surface area contributed by atoms with E-state index in [9.17, 15) is 13.2 Å². The third-order valence-electron chi connectivity index (χ3n) is 3.03. The molecule has 0 amide bonds. The minimum Gasteiger partial charge on any atom is -0.250 e. The van der Waals surface area contributed by atoms with Crippen LogP contribution in [0.3, 0.4) is 0 Å². The summed E-state index contributed by atoms with van der Waals surface area (Å²) in [5, 5.41) is 3.70. The molecule has 1 aliphatic rings. The zero-order valence-corrected chi connectivity index (χ0v) is 9.73. The first-order chi connectivity index (χ1) is 7.32. The van der Waals surface area contributed by atoms with Gasteiger partial charge in [-0.2, -0.15) is 18.3 Å². The van der Waals surface area contributed by atoms with Gasteiger partial charge >= 0.3 is 6.18 Å². The molecule has 1 aromatic rings. The molecule has 1 aromatic heterocycles. The van der Waals surface area contributed by atoms with Crippen molar-refractivity contribution in [3.8, 4) is 0 Å². The lowest BCUT2D eigenvalue weighted by Gasteiger charge is -2.11. The Hall–Kier alpha value is -0.710. The highest BCUT2D eigenvalue weighted by atomic mass is 35.5. The van der Waals surface area contributed by atoms with Crippen molar-refractivity contribution >= 4 is 11.6 Å². The summed E-state index contributed by atoms with van der Waals surface area (Å²) in [4.78, 5) is 0. The summed E-state index contributed by atoms with van der Waals surface area (Å²) in [6, 6.07) is -0.0534. The van der Waals surface area contributed by atoms with Crippen LogP contribution >= 0.6 is 11.6 Å². The van der Waals surface area contributed by atoms with Crippen molar-refractivity contribution in [3.63, 3.8) is 0 Å². The predicted octanol–water partition coefficient (Wildman–Crippen LogP) is 3.83. The first kappa shape index (κ1) is 11.8. The van der Waals surface area contributed by atoms with Gasteiger partial charge in [0.15, 0.2) is 5.69 Å². The van der Waals surface area contributed by atoms with Crippen LogP contribution < -0.4 is 0 Å². The third-order valence-corrected chi connectivity index (χ3v) is 3.49. The topological polar surface area (TPSA) is 17.8 Å². The van der Waals surface area contributed by atoms with Gasteiger partial charge in [0, 0.05) is 5.56 Å². The predicted molar refractivity (Wildman–Crippen MR) is 54.4 cm³/mol. The number of hydrogen-bond acceptors (Lipinski definition) is 1. The van der Waals surface area contributed by atoms with Crippen LogP contribution in [-0.2, 0) is 6.18 Å². The number of alkyl halides is 3. The fourth-order valence-electron chi connectivity index (χ4n) is 1.81. The molecule has 0 aliphatic heterocycles. The molecule has 0 saturated heterocycles. The van der Waals surface area contributed by atoms with E-state index in [1.807, 2.05) is 6.92 Å². The number of halogens is 4. The van der Waals surface area contributed by atoms with E-state index in [1.165, 1.54) is 11.6 Å². The van der Waals surface area contributed by atoms with Crippen molar-refractivity contribution in [2.24, 2.45) is 5.92 Å². The molecule has 1 aliphatic carbocycles. The molecule has 2 nitrogen and oxygen atoms in total. The van der Waals surface area contributed by atoms with Gasteiger partial charge in [0.05, 0.1) is 6.04 Å². The van der Waals surface area contributed by atoms with E-state index in [0.717, 1.165) is 12.8 Å². The van der Waals surface area contributed by atoms with Crippen LogP contribution in [0.5, 0.6) is 0 Å². The zero-order chi connectivity index (χ0) is 12.1. The van der Waals surface area contributed by atoms with Gasteiger partial charge in [-0.05, 0) is 32.6 Å². The van der Waals surface area contributed by atoms with Gasteiger partial charge in [0.25, 0.3) is 0 Å². The molecule has 0 aromatic carbocycles. The van der Waals surface area contributed by atoms with Crippen LogP contribution in [0.1, 0.15) is 37.1 Å². The van der Waals surface area contributed by atoms with E-state index in [0.29, 0.717) is 5.92 Å². The van der Waals surface area contributed by atoms with Crippen LogP contribution in [0, 0.1) is 12.8 Å². The van der Waals surface area contributed by atoms with Gasteiger partial charge in [0.1, 0.15) is 5.15 Å². The summed E-state index contributed by atoms with van der Waals surface area (Å²) < 4.78 is 39.1. The Morgan fingerprint density at radius 1 is 1.44 bits per heavy atom. The second-order valence-electron chi connectivity index (χ2n) is 4.28. The van der Waals surface area contributed by atoms with E-state index < -0.39 is 11.9 Å². The fourth-order valence-corrected chi connectivity index (χ4v) is 2.09. The Labute approximate surface area is 96.4 Å². The molecule has 16 heavy (non-hydrogen) atoms. The Bertz CT molecular complexity index is 407. The zero-order valence-electron chi connectivity index (χ0n) is 8.98. The van der Waals surface area contributed by atoms with Crippen LogP contribution in [0.4, 0.5) is 13.2 Å². The largest absolute Gasteiger partial charge is 0.435 e. The summed E-state index contributed by atoms with van der Waals surface area (Å²) in [5.74, 6) is 0.415. The van der Waals surface area contributed by atoms with Gasteiger partial charge in [0.2, 0.25) is 0 Å². The smallest absolute Gasteiger partial charge is 0.250 e. The molecule has 1 unspecified atom stereocenters. The third kappa shape index (κ3) is 1.93. The molecule has 1 fully saturated rings. The number of nitrogens with zero attached hydrogens (tertiary/aromatic N) is 2. The Morgan fingerprint density at radius 3 is 2.38 bits per heavy atom. The summed E-state index contributed by atoms with van der Waals surface area (Å²) in [6.07, 6.45) is -2.35. The molecule has 6 heteroatoms. The van der Waals surface area contributed by atoms with Crippen molar-refractivity contribution in [2.75, 3.05) is 0 Å². The lowest BCUT2D eigenvalue weighted by atomic mass is 10.2. The second-order valence-corrected chi connectivity index (χ2v) is 4.64. The van der Waals surface area contributed by atoms with Crippen molar-refractivity contribution < 1.29 is 13.2 Å². The van der Waals surface area contributed by atoms with E-state index >= 15 is 0 Å². The molecule has 90 valence electrons. The molecule has 0 N–H and O–H groups in total. The van der Waals surface area contributed by atoms with Crippen LogP contribution in [0.2, 0.25) is 5.15 Å². The molecule has 0 spiro atoms. The van der Waals surface area contributed by atoms with Gasteiger partial charge in [-0.1, -0.05) is 11.6 Å². The molecule has 1 saturated carbocycles. The quantitative estimate of drug-likeness (QED) is 0.782. The van der Waals surface area contributed by atoms with Crippen LogP contribution in [-0.4, -0.2) is 9.78 Å². The Morgan fingerprint density at radius 2 is 2.00 bits per heavy atom. The first-order valence-corrected chi connectivity index (χ1v) is 5.52. The van der Waals surface area contributed by atoms with Gasteiger partial charge in [-0.15, -0.1) is 0 Å². The van der Waals surface area contributed by atoms with Crippen molar-refractivity contribution in [2.45, 2.75) is 38.9 Å². The minimum atomic E-state index is -4.43. The molecule has 1 heterocycles. The highest BCUT2D eigenvalue weighted by Crippen LogP contribution is 2.42. The normalized spacial score (nSPS) is 18.9. The lowest BCUT2D eigenvalue weighted by molar-refractivity contribution is -0.142. The molecule has 2 rings (SSSR count).